The van der Waals surface area contributed by atoms with Gasteiger partial charge in [-0.05, 0) is 64.3 Å². The highest BCUT2D eigenvalue weighted by Gasteiger charge is 2.36. The van der Waals surface area contributed by atoms with Crippen LogP contribution in [0.25, 0.3) is 5.82 Å². The molecule has 1 amide bonds. The SMILES string of the molecule is Cc1cc(C)n(-c2ccc(Cl)c(C(=O)N(CC3CCCN3)C3CC3)n2)n1.Cl. The number of carbonyl (C=O) groups excluding carboxylic acids is 1. The average molecular weight is 410 g/mol. The van der Waals surface area contributed by atoms with E-state index in [0.29, 0.717) is 28.6 Å². The number of nitrogens with one attached hydrogen (secondary N) is 1. The first-order valence-corrected chi connectivity index (χ1v) is 9.65. The maximum atomic E-state index is 13.2. The maximum Gasteiger partial charge on any atom is 0.274 e. The summed E-state index contributed by atoms with van der Waals surface area (Å²) in [6.45, 7) is 5.67. The summed E-state index contributed by atoms with van der Waals surface area (Å²) in [6, 6.07) is 6.23. The fourth-order valence-corrected chi connectivity index (χ4v) is 3.82. The van der Waals surface area contributed by atoms with Gasteiger partial charge in [0.15, 0.2) is 5.82 Å². The zero-order valence-electron chi connectivity index (χ0n) is 15.6. The molecule has 1 atom stereocenters. The molecule has 1 saturated carbocycles. The van der Waals surface area contributed by atoms with Crippen LogP contribution in [0.2, 0.25) is 5.02 Å². The van der Waals surface area contributed by atoms with Crippen LogP contribution in [-0.2, 0) is 0 Å². The monoisotopic (exact) mass is 409 g/mol. The van der Waals surface area contributed by atoms with Crippen molar-refractivity contribution in [2.24, 2.45) is 0 Å². The molecule has 4 rings (SSSR count). The second kappa shape index (κ2) is 8.17. The fourth-order valence-electron chi connectivity index (χ4n) is 3.63. The molecule has 6 nitrogen and oxygen atoms in total. The molecule has 146 valence electrons. The Balaban J connectivity index is 0.00000210. The molecule has 8 heteroatoms. The number of pyridine rings is 1. The number of halogens is 2. The Hall–Kier alpha value is -1.63. The van der Waals surface area contributed by atoms with Gasteiger partial charge in [-0.25, -0.2) is 9.67 Å². The number of rotatable bonds is 5. The second-order valence-electron chi connectivity index (χ2n) is 7.32. The van der Waals surface area contributed by atoms with Crippen molar-refractivity contribution in [3.63, 3.8) is 0 Å². The molecule has 1 N–H and O–H groups in total. The Morgan fingerprint density at radius 3 is 2.70 bits per heavy atom. The van der Waals surface area contributed by atoms with E-state index >= 15 is 0 Å². The molecular formula is C19H25Cl2N5O. The molecule has 0 radical (unpaired) electrons. The number of aryl methyl sites for hydroxylation is 2. The molecule has 0 bridgehead atoms. The second-order valence-corrected chi connectivity index (χ2v) is 7.73. The molecule has 1 unspecified atom stereocenters. The van der Waals surface area contributed by atoms with Gasteiger partial charge in [0.25, 0.3) is 5.91 Å². The Bertz CT molecular complexity index is 828. The van der Waals surface area contributed by atoms with E-state index in [-0.39, 0.29) is 18.3 Å². The number of hydrogen-bond donors (Lipinski definition) is 1. The normalized spacial score (nSPS) is 19.0. The largest absolute Gasteiger partial charge is 0.333 e. The number of hydrogen-bond acceptors (Lipinski definition) is 4. The average Bonchev–Trinajstić information content (AvgIpc) is 3.22. The Labute approximate surface area is 170 Å². The molecule has 2 aromatic rings. The highest BCUT2D eigenvalue weighted by Crippen LogP contribution is 2.30. The van der Waals surface area contributed by atoms with Crippen LogP contribution >= 0.6 is 24.0 Å². The standard InChI is InChI=1S/C19H24ClN5O.ClH/c1-12-10-13(2)25(23-12)17-8-7-16(20)18(22-17)19(26)24(15-5-6-15)11-14-4-3-9-21-14;/h7-8,10,14-15,21H,3-6,9,11H2,1-2H3;1H. The summed E-state index contributed by atoms with van der Waals surface area (Å²) in [5, 5.41) is 8.33. The van der Waals surface area contributed by atoms with Crippen LogP contribution in [0, 0.1) is 13.8 Å². The van der Waals surface area contributed by atoms with Crippen LogP contribution in [0.5, 0.6) is 0 Å². The van der Waals surface area contributed by atoms with Gasteiger partial charge in [-0.1, -0.05) is 11.6 Å². The van der Waals surface area contributed by atoms with Crippen molar-refractivity contribution in [3.05, 3.63) is 40.3 Å². The molecule has 0 aromatic carbocycles. The lowest BCUT2D eigenvalue weighted by Crippen LogP contribution is -2.42. The van der Waals surface area contributed by atoms with Crippen molar-refractivity contribution in [2.75, 3.05) is 13.1 Å². The molecule has 2 aliphatic rings. The van der Waals surface area contributed by atoms with E-state index < -0.39 is 0 Å². The van der Waals surface area contributed by atoms with E-state index in [2.05, 4.69) is 15.4 Å². The van der Waals surface area contributed by atoms with Crippen LogP contribution in [0.4, 0.5) is 0 Å². The van der Waals surface area contributed by atoms with Gasteiger partial charge >= 0.3 is 0 Å². The van der Waals surface area contributed by atoms with Gasteiger partial charge < -0.3 is 10.2 Å². The first-order valence-electron chi connectivity index (χ1n) is 9.27. The maximum absolute atomic E-state index is 13.2. The summed E-state index contributed by atoms with van der Waals surface area (Å²) in [5.74, 6) is 0.549. The third-order valence-corrected chi connectivity index (χ3v) is 5.39. The molecule has 1 aliphatic carbocycles. The Morgan fingerprint density at radius 2 is 2.11 bits per heavy atom. The van der Waals surface area contributed by atoms with E-state index in [9.17, 15) is 4.79 Å². The van der Waals surface area contributed by atoms with Gasteiger partial charge in [0.2, 0.25) is 0 Å². The van der Waals surface area contributed by atoms with Crippen LogP contribution < -0.4 is 5.32 Å². The highest BCUT2D eigenvalue weighted by molar-refractivity contribution is 6.33. The first kappa shape index (κ1) is 20.1. The van der Waals surface area contributed by atoms with E-state index in [4.69, 9.17) is 11.6 Å². The van der Waals surface area contributed by atoms with Crippen molar-refractivity contribution >= 4 is 29.9 Å². The predicted molar refractivity (Wildman–Crippen MR) is 108 cm³/mol. The summed E-state index contributed by atoms with van der Waals surface area (Å²) >= 11 is 6.35. The quantitative estimate of drug-likeness (QED) is 0.822. The van der Waals surface area contributed by atoms with Gasteiger partial charge in [-0.3, -0.25) is 4.79 Å². The topological polar surface area (TPSA) is 63.1 Å². The van der Waals surface area contributed by atoms with Crippen LogP contribution in [0.3, 0.4) is 0 Å². The third kappa shape index (κ3) is 4.28. The minimum Gasteiger partial charge on any atom is -0.333 e. The van der Waals surface area contributed by atoms with Gasteiger partial charge in [0.05, 0.1) is 10.7 Å². The van der Waals surface area contributed by atoms with Crippen LogP contribution in [0.1, 0.15) is 47.6 Å². The summed E-state index contributed by atoms with van der Waals surface area (Å²) in [7, 11) is 0. The van der Waals surface area contributed by atoms with Crippen molar-refractivity contribution in [2.45, 2.75) is 51.6 Å². The minimum absolute atomic E-state index is 0. The minimum atomic E-state index is -0.0745. The molecule has 27 heavy (non-hydrogen) atoms. The van der Waals surface area contributed by atoms with E-state index in [0.717, 1.165) is 43.7 Å². The van der Waals surface area contributed by atoms with E-state index in [1.54, 1.807) is 16.8 Å². The molecule has 2 fully saturated rings. The van der Waals surface area contributed by atoms with Gasteiger partial charge in [0, 0.05) is 24.3 Å². The smallest absolute Gasteiger partial charge is 0.274 e. The molecule has 0 spiro atoms. The van der Waals surface area contributed by atoms with Crippen molar-refractivity contribution < 1.29 is 4.79 Å². The predicted octanol–water partition coefficient (Wildman–Crippen LogP) is 3.32. The van der Waals surface area contributed by atoms with Crippen molar-refractivity contribution in [3.8, 4) is 5.82 Å². The fraction of sp³-hybridized carbons (Fsp3) is 0.526. The Kier molecular flexibility index (Phi) is 6.08. The van der Waals surface area contributed by atoms with E-state index in [1.807, 2.05) is 24.8 Å². The lowest BCUT2D eigenvalue weighted by Gasteiger charge is -2.26. The molecule has 3 heterocycles. The molecule has 2 aromatic heterocycles. The van der Waals surface area contributed by atoms with Crippen LogP contribution in [0.15, 0.2) is 18.2 Å². The third-order valence-electron chi connectivity index (χ3n) is 5.09. The molecule has 1 aliphatic heterocycles. The summed E-state index contributed by atoms with van der Waals surface area (Å²) in [6.07, 6.45) is 4.41. The van der Waals surface area contributed by atoms with Crippen molar-refractivity contribution in [1.82, 2.24) is 25.0 Å². The first-order chi connectivity index (χ1) is 12.5. The van der Waals surface area contributed by atoms with Crippen molar-refractivity contribution in [1.29, 1.82) is 0 Å². The van der Waals surface area contributed by atoms with Gasteiger partial charge in [-0.2, -0.15) is 5.10 Å². The summed E-state index contributed by atoms with van der Waals surface area (Å²) in [4.78, 5) is 19.8. The summed E-state index contributed by atoms with van der Waals surface area (Å²) in [5.41, 5.74) is 2.21. The molecular weight excluding hydrogens is 385 g/mol. The zero-order valence-corrected chi connectivity index (χ0v) is 17.2. The van der Waals surface area contributed by atoms with Crippen LogP contribution in [-0.4, -0.2) is 50.7 Å². The number of carbonyl (C=O) groups is 1. The molecule has 1 saturated heterocycles. The lowest BCUT2D eigenvalue weighted by molar-refractivity contribution is 0.0722. The lowest BCUT2D eigenvalue weighted by atomic mass is 10.2. The highest BCUT2D eigenvalue weighted by atomic mass is 35.5. The zero-order chi connectivity index (χ0) is 18.3. The van der Waals surface area contributed by atoms with E-state index in [1.165, 1.54) is 6.42 Å². The number of nitrogens with zero attached hydrogens (tertiary/aromatic N) is 4. The number of amides is 1. The summed E-state index contributed by atoms with van der Waals surface area (Å²) < 4.78 is 1.75. The number of aromatic nitrogens is 3. The van der Waals surface area contributed by atoms with Gasteiger partial charge in [-0.15, -0.1) is 12.4 Å². The van der Waals surface area contributed by atoms with Gasteiger partial charge in [0.1, 0.15) is 5.69 Å². The Morgan fingerprint density at radius 1 is 1.33 bits per heavy atom.